The highest BCUT2D eigenvalue weighted by Gasteiger charge is 2.17. The van der Waals surface area contributed by atoms with E-state index < -0.39 is 0 Å². The van der Waals surface area contributed by atoms with Crippen molar-refractivity contribution in [2.45, 2.75) is 6.42 Å². The van der Waals surface area contributed by atoms with Crippen molar-refractivity contribution in [3.63, 3.8) is 0 Å². The molecule has 1 aliphatic rings. The summed E-state index contributed by atoms with van der Waals surface area (Å²) in [5.41, 5.74) is 1.78. The lowest BCUT2D eigenvalue weighted by atomic mass is 10.1. The third kappa shape index (κ3) is 2.25. The fourth-order valence-electron chi connectivity index (χ4n) is 2.30. The van der Waals surface area contributed by atoms with Crippen LogP contribution in [-0.2, 0) is 6.42 Å². The zero-order valence-corrected chi connectivity index (χ0v) is 11.9. The summed E-state index contributed by atoms with van der Waals surface area (Å²) in [6, 6.07) is 13.4. The molecule has 0 saturated heterocycles. The number of hydrogen-bond acceptors (Lipinski definition) is 5. The topological polar surface area (TPSA) is 48.4 Å². The summed E-state index contributed by atoms with van der Waals surface area (Å²) in [6.07, 6.45) is 0.316. The summed E-state index contributed by atoms with van der Waals surface area (Å²) >= 11 is 1.43. The van der Waals surface area contributed by atoms with Crippen molar-refractivity contribution in [2.24, 2.45) is 0 Å². The van der Waals surface area contributed by atoms with Gasteiger partial charge in [-0.25, -0.2) is 4.98 Å². The molecular weight excluding hydrogens is 286 g/mol. The smallest absolute Gasteiger partial charge is 0.231 e. The van der Waals surface area contributed by atoms with Gasteiger partial charge in [-0.05, 0) is 29.8 Å². The van der Waals surface area contributed by atoms with E-state index in [-0.39, 0.29) is 12.6 Å². The first-order chi connectivity index (χ1) is 10.3. The Morgan fingerprint density at radius 3 is 2.90 bits per heavy atom. The van der Waals surface area contributed by atoms with E-state index in [0.29, 0.717) is 17.2 Å². The van der Waals surface area contributed by atoms with Crippen molar-refractivity contribution in [2.75, 3.05) is 6.79 Å². The summed E-state index contributed by atoms with van der Waals surface area (Å²) in [5, 5.41) is 0.550. The van der Waals surface area contributed by atoms with Crippen LogP contribution in [0.15, 0.2) is 42.5 Å². The molecule has 0 spiro atoms. The minimum atomic E-state index is 0.0232. The number of hydrogen-bond donors (Lipinski definition) is 0. The van der Waals surface area contributed by atoms with Gasteiger partial charge in [-0.15, -0.1) is 11.3 Å². The van der Waals surface area contributed by atoms with Gasteiger partial charge in [0.05, 0.1) is 10.2 Å². The lowest BCUT2D eigenvalue weighted by Crippen LogP contribution is -2.02. The monoisotopic (exact) mass is 297 g/mol. The van der Waals surface area contributed by atoms with Crippen LogP contribution in [0.1, 0.15) is 15.4 Å². The number of nitrogens with zero attached hydrogens (tertiary/aromatic N) is 1. The molecule has 0 amide bonds. The van der Waals surface area contributed by atoms with Gasteiger partial charge in [0.15, 0.2) is 22.3 Å². The van der Waals surface area contributed by atoms with Gasteiger partial charge in [0, 0.05) is 6.42 Å². The second-order valence-corrected chi connectivity index (χ2v) is 5.80. The first-order valence-electron chi connectivity index (χ1n) is 6.57. The predicted octanol–water partition coefficient (Wildman–Crippen LogP) is 3.45. The Kier molecular flexibility index (Phi) is 2.86. The van der Waals surface area contributed by atoms with Crippen LogP contribution in [0.5, 0.6) is 11.5 Å². The predicted molar refractivity (Wildman–Crippen MR) is 80.2 cm³/mol. The summed E-state index contributed by atoms with van der Waals surface area (Å²) in [4.78, 5) is 16.8. The largest absolute Gasteiger partial charge is 0.454 e. The van der Waals surface area contributed by atoms with E-state index in [2.05, 4.69) is 4.98 Å². The first-order valence-corrected chi connectivity index (χ1v) is 7.38. The van der Waals surface area contributed by atoms with E-state index in [1.165, 1.54) is 11.3 Å². The summed E-state index contributed by atoms with van der Waals surface area (Å²) < 4.78 is 11.6. The average molecular weight is 297 g/mol. The van der Waals surface area contributed by atoms with E-state index in [4.69, 9.17) is 9.47 Å². The van der Waals surface area contributed by atoms with Crippen molar-refractivity contribution < 1.29 is 14.3 Å². The fraction of sp³-hybridized carbons (Fsp3) is 0.125. The lowest BCUT2D eigenvalue weighted by molar-refractivity contribution is 0.0993. The van der Waals surface area contributed by atoms with Crippen LogP contribution in [0.4, 0.5) is 0 Å². The lowest BCUT2D eigenvalue weighted by Gasteiger charge is -2.01. The third-order valence-corrected chi connectivity index (χ3v) is 4.41. The number of ether oxygens (including phenoxy) is 2. The number of thiazole rings is 1. The fourth-order valence-corrected chi connectivity index (χ4v) is 3.21. The Labute approximate surface area is 125 Å². The maximum Gasteiger partial charge on any atom is 0.231 e. The number of fused-ring (bicyclic) bond motifs is 2. The maximum absolute atomic E-state index is 12.4. The normalized spacial score (nSPS) is 12.8. The van der Waals surface area contributed by atoms with Gasteiger partial charge in [-0.3, -0.25) is 4.79 Å². The second kappa shape index (κ2) is 4.86. The molecular formula is C16H11NO3S. The van der Waals surface area contributed by atoms with Crippen LogP contribution in [0.3, 0.4) is 0 Å². The minimum Gasteiger partial charge on any atom is -0.454 e. The van der Waals surface area contributed by atoms with E-state index in [1.54, 1.807) is 0 Å². The Hall–Kier alpha value is -2.40. The standard InChI is InChI=1S/C16H11NO3S/c18-12(16-17-11-3-1-2-4-15(11)21-16)7-10-5-6-13-14(8-10)20-9-19-13/h1-6,8H,7,9H2. The number of Topliss-reactive ketones (excluding diaryl/α,β-unsaturated/α-hetero) is 1. The highest BCUT2D eigenvalue weighted by atomic mass is 32.1. The number of benzene rings is 2. The van der Waals surface area contributed by atoms with Crippen molar-refractivity contribution in [1.29, 1.82) is 0 Å². The number of carbonyl (C=O) groups excluding carboxylic acids is 1. The van der Waals surface area contributed by atoms with Gasteiger partial charge >= 0.3 is 0 Å². The Morgan fingerprint density at radius 1 is 1.14 bits per heavy atom. The Balaban J connectivity index is 1.60. The molecule has 0 atom stereocenters. The van der Waals surface area contributed by atoms with Crippen LogP contribution in [-0.4, -0.2) is 17.6 Å². The van der Waals surface area contributed by atoms with Crippen LogP contribution < -0.4 is 9.47 Å². The molecule has 0 fully saturated rings. The molecule has 1 aliphatic heterocycles. The Bertz CT molecular complexity index is 807. The van der Waals surface area contributed by atoms with Gasteiger partial charge in [0.25, 0.3) is 0 Å². The molecule has 21 heavy (non-hydrogen) atoms. The molecule has 104 valence electrons. The quantitative estimate of drug-likeness (QED) is 0.695. The molecule has 0 N–H and O–H groups in total. The molecule has 1 aromatic heterocycles. The maximum atomic E-state index is 12.4. The number of rotatable bonds is 3. The molecule has 0 bridgehead atoms. The molecule has 4 rings (SSSR count). The van der Waals surface area contributed by atoms with Gasteiger partial charge in [-0.2, -0.15) is 0 Å². The van der Waals surface area contributed by atoms with Crippen molar-refractivity contribution in [3.05, 3.63) is 53.0 Å². The van der Waals surface area contributed by atoms with Crippen molar-refractivity contribution >= 4 is 27.3 Å². The second-order valence-electron chi connectivity index (χ2n) is 4.77. The van der Waals surface area contributed by atoms with Gasteiger partial charge in [-0.1, -0.05) is 18.2 Å². The van der Waals surface area contributed by atoms with Crippen molar-refractivity contribution in [1.82, 2.24) is 4.98 Å². The van der Waals surface area contributed by atoms with E-state index in [9.17, 15) is 4.79 Å². The number of carbonyl (C=O) groups is 1. The summed E-state index contributed by atoms with van der Waals surface area (Å²) in [5.74, 6) is 1.45. The zero-order valence-electron chi connectivity index (χ0n) is 11.0. The highest BCUT2D eigenvalue weighted by molar-refractivity contribution is 7.20. The van der Waals surface area contributed by atoms with Crippen LogP contribution in [0.25, 0.3) is 10.2 Å². The number of aromatic nitrogens is 1. The number of ketones is 1. The molecule has 4 nitrogen and oxygen atoms in total. The van der Waals surface area contributed by atoms with Crippen LogP contribution in [0, 0.1) is 0 Å². The zero-order chi connectivity index (χ0) is 14.2. The van der Waals surface area contributed by atoms with Gasteiger partial charge in [0.1, 0.15) is 0 Å². The highest BCUT2D eigenvalue weighted by Crippen LogP contribution is 2.33. The molecule has 0 unspecified atom stereocenters. The summed E-state index contributed by atoms with van der Waals surface area (Å²) in [7, 11) is 0. The molecule has 5 heteroatoms. The summed E-state index contributed by atoms with van der Waals surface area (Å²) in [6.45, 7) is 0.241. The average Bonchev–Trinajstić information content (AvgIpc) is 3.13. The third-order valence-electron chi connectivity index (χ3n) is 3.33. The molecule has 0 saturated carbocycles. The van der Waals surface area contributed by atoms with Crippen LogP contribution >= 0.6 is 11.3 Å². The van der Waals surface area contributed by atoms with Gasteiger partial charge < -0.3 is 9.47 Å². The van der Waals surface area contributed by atoms with E-state index >= 15 is 0 Å². The molecule has 3 aromatic rings. The van der Waals surface area contributed by atoms with Gasteiger partial charge in [0.2, 0.25) is 6.79 Å². The van der Waals surface area contributed by atoms with E-state index in [0.717, 1.165) is 21.5 Å². The SMILES string of the molecule is O=C(Cc1ccc2c(c1)OCO2)c1nc2ccccc2s1. The molecule has 2 aromatic carbocycles. The molecule has 0 radical (unpaired) electrons. The first kappa shape index (κ1) is 12.3. The minimum absolute atomic E-state index is 0.0232. The molecule has 0 aliphatic carbocycles. The van der Waals surface area contributed by atoms with Crippen LogP contribution in [0.2, 0.25) is 0 Å². The number of para-hydroxylation sites is 1. The molecule has 2 heterocycles. The van der Waals surface area contributed by atoms with E-state index in [1.807, 2.05) is 42.5 Å². The Morgan fingerprint density at radius 2 is 2.00 bits per heavy atom. The van der Waals surface area contributed by atoms with Crippen molar-refractivity contribution in [3.8, 4) is 11.5 Å².